The maximum absolute atomic E-state index is 13.2. The van der Waals surface area contributed by atoms with Crippen LogP contribution in [0.2, 0.25) is 10.0 Å². The van der Waals surface area contributed by atoms with Gasteiger partial charge in [-0.15, -0.1) is 0 Å². The van der Waals surface area contributed by atoms with Crippen LogP contribution in [0.1, 0.15) is 18.1 Å². The maximum Gasteiger partial charge on any atom is 0.243 e. The van der Waals surface area contributed by atoms with Crippen molar-refractivity contribution in [3.8, 4) is 0 Å². The predicted octanol–water partition coefficient (Wildman–Crippen LogP) is 3.64. The van der Waals surface area contributed by atoms with Gasteiger partial charge < -0.3 is 10.1 Å². The first-order valence-electron chi connectivity index (χ1n) is 8.92. The molecule has 0 heterocycles. The molecule has 1 atom stereocenters. The molecule has 2 rings (SSSR count). The van der Waals surface area contributed by atoms with E-state index >= 15 is 0 Å². The molecule has 0 saturated heterocycles. The summed E-state index contributed by atoms with van der Waals surface area (Å²) in [5.74, 6) is -0.435. The number of rotatable bonds is 9. The van der Waals surface area contributed by atoms with Crippen molar-refractivity contribution in [1.29, 1.82) is 0 Å². The van der Waals surface area contributed by atoms with E-state index < -0.39 is 15.9 Å². The molecule has 2 aromatic rings. The van der Waals surface area contributed by atoms with Gasteiger partial charge in [-0.3, -0.25) is 4.79 Å². The number of carbonyl (C=O) groups excluding carboxylic acids is 1. The summed E-state index contributed by atoms with van der Waals surface area (Å²) in [4.78, 5) is 12.6. The van der Waals surface area contributed by atoms with Gasteiger partial charge in [-0.05, 0) is 43.7 Å². The SMILES string of the molecule is COC[C@H](C)NC(=O)CN(Cc1ccc(Cl)cc1Cl)S(=O)(=O)c1ccc(C)cc1. The third kappa shape index (κ3) is 6.69. The zero-order chi connectivity index (χ0) is 21.6. The van der Waals surface area contributed by atoms with Crippen LogP contribution in [-0.2, 0) is 26.1 Å². The Bertz CT molecular complexity index is 949. The van der Waals surface area contributed by atoms with E-state index in [1.807, 2.05) is 6.92 Å². The number of hydrogen-bond acceptors (Lipinski definition) is 4. The molecular formula is C20H24Cl2N2O4S. The van der Waals surface area contributed by atoms with Crippen molar-refractivity contribution >= 4 is 39.1 Å². The smallest absolute Gasteiger partial charge is 0.243 e. The molecule has 0 aliphatic heterocycles. The Morgan fingerprint density at radius 3 is 2.41 bits per heavy atom. The molecule has 9 heteroatoms. The van der Waals surface area contributed by atoms with Gasteiger partial charge >= 0.3 is 0 Å². The maximum atomic E-state index is 13.2. The number of nitrogens with one attached hydrogen (secondary N) is 1. The minimum absolute atomic E-state index is 0.0711. The Hall–Kier alpha value is -1.64. The number of halogens is 2. The Morgan fingerprint density at radius 1 is 1.17 bits per heavy atom. The number of hydrogen-bond donors (Lipinski definition) is 1. The van der Waals surface area contributed by atoms with E-state index in [-0.39, 0.29) is 24.0 Å². The number of carbonyl (C=O) groups is 1. The molecule has 1 N–H and O–H groups in total. The van der Waals surface area contributed by atoms with E-state index in [0.717, 1.165) is 9.87 Å². The fourth-order valence-electron chi connectivity index (χ4n) is 2.70. The Labute approximate surface area is 181 Å². The topological polar surface area (TPSA) is 75.7 Å². The lowest BCUT2D eigenvalue weighted by atomic mass is 10.2. The average molecular weight is 459 g/mol. The fourth-order valence-corrected chi connectivity index (χ4v) is 4.54. The highest BCUT2D eigenvalue weighted by Gasteiger charge is 2.28. The van der Waals surface area contributed by atoms with E-state index in [2.05, 4.69) is 5.32 Å². The monoisotopic (exact) mass is 458 g/mol. The number of amides is 1. The molecule has 6 nitrogen and oxygen atoms in total. The van der Waals surface area contributed by atoms with Crippen LogP contribution in [0.25, 0.3) is 0 Å². The number of nitrogens with zero attached hydrogens (tertiary/aromatic N) is 1. The number of ether oxygens (including phenoxy) is 1. The second-order valence-electron chi connectivity index (χ2n) is 6.75. The molecule has 2 aromatic carbocycles. The lowest BCUT2D eigenvalue weighted by Gasteiger charge is -2.23. The summed E-state index contributed by atoms with van der Waals surface area (Å²) >= 11 is 12.2. The van der Waals surface area contributed by atoms with Crippen molar-refractivity contribution in [2.24, 2.45) is 0 Å². The second-order valence-corrected chi connectivity index (χ2v) is 9.53. The van der Waals surface area contributed by atoms with Crippen LogP contribution in [-0.4, -0.2) is 44.9 Å². The number of benzene rings is 2. The van der Waals surface area contributed by atoms with Gasteiger partial charge in [0, 0.05) is 29.7 Å². The normalized spacial score (nSPS) is 12.8. The van der Waals surface area contributed by atoms with Gasteiger partial charge in [-0.25, -0.2) is 8.42 Å². The van der Waals surface area contributed by atoms with E-state index in [1.165, 1.54) is 25.3 Å². The van der Waals surface area contributed by atoms with E-state index in [1.54, 1.807) is 31.2 Å². The van der Waals surface area contributed by atoms with Gasteiger partial charge in [0.05, 0.1) is 18.0 Å². The summed E-state index contributed by atoms with van der Waals surface area (Å²) in [6, 6.07) is 11.0. The lowest BCUT2D eigenvalue weighted by Crippen LogP contribution is -2.44. The van der Waals surface area contributed by atoms with Crippen molar-refractivity contribution < 1.29 is 17.9 Å². The van der Waals surface area contributed by atoms with Crippen molar-refractivity contribution in [2.45, 2.75) is 31.3 Å². The number of aryl methyl sites for hydroxylation is 1. The van der Waals surface area contributed by atoms with Crippen molar-refractivity contribution in [3.63, 3.8) is 0 Å². The lowest BCUT2D eigenvalue weighted by molar-refractivity contribution is -0.122. The van der Waals surface area contributed by atoms with Gasteiger partial charge in [-0.2, -0.15) is 4.31 Å². The summed E-state index contributed by atoms with van der Waals surface area (Å²) in [5.41, 5.74) is 1.48. The van der Waals surface area contributed by atoms with Gasteiger partial charge in [0.2, 0.25) is 15.9 Å². The van der Waals surface area contributed by atoms with Crippen LogP contribution < -0.4 is 5.32 Å². The van der Waals surface area contributed by atoms with Crippen LogP contribution in [0.3, 0.4) is 0 Å². The molecule has 0 bridgehead atoms. The largest absolute Gasteiger partial charge is 0.383 e. The van der Waals surface area contributed by atoms with Gasteiger partial charge in [0.1, 0.15) is 0 Å². The van der Waals surface area contributed by atoms with E-state index in [4.69, 9.17) is 27.9 Å². The minimum Gasteiger partial charge on any atom is -0.383 e. The Kier molecular flexibility index (Phi) is 8.48. The molecule has 158 valence electrons. The summed E-state index contributed by atoms with van der Waals surface area (Å²) in [6.07, 6.45) is 0. The van der Waals surface area contributed by atoms with Crippen LogP contribution in [0, 0.1) is 6.92 Å². The van der Waals surface area contributed by atoms with Crippen LogP contribution in [0.5, 0.6) is 0 Å². The molecule has 0 fully saturated rings. The number of sulfonamides is 1. The average Bonchev–Trinajstić information content (AvgIpc) is 2.63. The van der Waals surface area contributed by atoms with Gasteiger partial charge in [-0.1, -0.05) is 47.0 Å². The molecule has 0 aliphatic rings. The summed E-state index contributed by atoms with van der Waals surface area (Å²) in [7, 11) is -2.41. The third-order valence-corrected chi connectivity index (χ3v) is 6.56. The third-order valence-electron chi connectivity index (χ3n) is 4.16. The fraction of sp³-hybridized carbons (Fsp3) is 0.350. The van der Waals surface area contributed by atoms with Crippen LogP contribution in [0.4, 0.5) is 0 Å². The van der Waals surface area contributed by atoms with Crippen LogP contribution >= 0.6 is 23.2 Å². The second kappa shape index (κ2) is 10.4. The van der Waals surface area contributed by atoms with E-state index in [0.29, 0.717) is 22.2 Å². The van der Waals surface area contributed by atoms with Crippen molar-refractivity contribution in [3.05, 3.63) is 63.6 Å². The standard InChI is InChI=1S/C20H24Cl2N2O4S/c1-14-4-8-18(9-5-14)29(26,27)24(12-20(25)23-15(2)13-28-3)11-16-6-7-17(21)10-19(16)22/h4-10,15H,11-13H2,1-3H3,(H,23,25)/t15-/m0/s1. The quantitative estimate of drug-likeness (QED) is 0.621. The molecule has 0 saturated carbocycles. The summed E-state index contributed by atoms with van der Waals surface area (Å²) in [6.45, 7) is 3.53. The predicted molar refractivity (Wildman–Crippen MR) is 115 cm³/mol. The molecule has 29 heavy (non-hydrogen) atoms. The molecule has 0 aromatic heterocycles. The van der Waals surface area contributed by atoms with Crippen molar-refractivity contribution in [1.82, 2.24) is 9.62 Å². The highest BCUT2D eigenvalue weighted by atomic mass is 35.5. The highest BCUT2D eigenvalue weighted by Crippen LogP contribution is 2.25. The zero-order valence-corrected chi connectivity index (χ0v) is 18.8. The molecule has 0 radical (unpaired) electrons. The first kappa shape index (κ1) is 23.6. The number of methoxy groups -OCH3 is 1. The molecule has 0 aliphatic carbocycles. The first-order chi connectivity index (χ1) is 13.6. The Morgan fingerprint density at radius 2 is 1.83 bits per heavy atom. The Balaban J connectivity index is 2.33. The van der Waals surface area contributed by atoms with Crippen molar-refractivity contribution in [2.75, 3.05) is 20.3 Å². The first-order valence-corrected chi connectivity index (χ1v) is 11.1. The summed E-state index contributed by atoms with van der Waals surface area (Å²) in [5, 5.41) is 3.50. The van der Waals surface area contributed by atoms with Crippen LogP contribution in [0.15, 0.2) is 47.4 Å². The van der Waals surface area contributed by atoms with Gasteiger partial charge in [0.25, 0.3) is 0 Å². The van der Waals surface area contributed by atoms with Gasteiger partial charge in [0.15, 0.2) is 0 Å². The van der Waals surface area contributed by atoms with E-state index in [9.17, 15) is 13.2 Å². The highest BCUT2D eigenvalue weighted by molar-refractivity contribution is 7.89. The zero-order valence-electron chi connectivity index (χ0n) is 16.5. The molecule has 0 spiro atoms. The molecule has 1 amide bonds. The minimum atomic E-state index is -3.94. The summed E-state index contributed by atoms with van der Waals surface area (Å²) < 4.78 is 32.6. The molecular weight excluding hydrogens is 435 g/mol. The molecule has 0 unspecified atom stereocenters.